The van der Waals surface area contributed by atoms with Gasteiger partial charge in [0.25, 0.3) is 0 Å². The molecule has 0 spiro atoms. The first kappa shape index (κ1) is 15.5. The Hall–Kier alpha value is -1.84. The molecule has 2 rings (SSSR count). The van der Waals surface area contributed by atoms with Crippen molar-refractivity contribution in [3.8, 4) is 0 Å². The minimum atomic E-state index is -0.753. The Kier molecular flexibility index (Phi) is 4.66. The van der Waals surface area contributed by atoms with Crippen LogP contribution in [-0.4, -0.2) is 23.0 Å². The van der Waals surface area contributed by atoms with Gasteiger partial charge in [-0.3, -0.25) is 9.59 Å². The monoisotopic (exact) mass is 289 g/mol. The Morgan fingerprint density at radius 2 is 1.90 bits per heavy atom. The molecule has 0 aromatic heterocycles. The number of carbonyl (C=O) groups excluding carboxylic acids is 1. The third-order valence-corrected chi connectivity index (χ3v) is 4.30. The Labute approximate surface area is 125 Å². The van der Waals surface area contributed by atoms with Gasteiger partial charge in [0.2, 0.25) is 5.91 Å². The number of benzene rings is 1. The van der Waals surface area contributed by atoms with E-state index in [1.165, 1.54) is 0 Å². The van der Waals surface area contributed by atoms with Crippen molar-refractivity contribution in [1.29, 1.82) is 0 Å². The number of carboxylic acids is 1. The zero-order valence-corrected chi connectivity index (χ0v) is 12.6. The third kappa shape index (κ3) is 4.06. The van der Waals surface area contributed by atoms with Gasteiger partial charge in [-0.05, 0) is 30.2 Å². The fourth-order valence-electron chi connectivity index (χ4n) is 3.01. The van der Waals surface area contributed by atoms with Crippen LogP contribution in [0.3, 0.4) is 0 Å². The van der Waals surface area contributed by atoms with E-state index < -0.39 is 5.97 Å². The normalized spacial score (nSPS) is 22.0. The first-order chi connectivity index (χ1) is 9.88. The van der Waals surface area contributed by atoms with Gasteiger partial charge in [-0.25, -0.2) is 0 Å². The van der Waals surface area contributed by atoms with Crippen molar-refractivity contribution in [3.05, 3.63) is 35.9 Å². The summed E-state index contributed by atoms with van der Waals surface area (Å²) in [6.07, 6.45) is 2.37. The maximum Gasteiger partial charge on any atom is 0.306 e. The van der Waals surface area contributed by atoms with E-state index in [1.54, 1.807) is 0 Å². The summed E-state index contributed by atoms with van der Waals surface area (Å²) in [6, 6.07) is 9.98. The molecule has 4 heteroatoms. The van der Waals surface area contributed by atoms with Crippen LogP contribution in [0.15, 0.2) is 30.3 Å². The van der Waals surface area contributed by atoms with Crippen molar-refractivity contribution in [1.82, 2.24) is 5.32 Å². The number of carboxylic acid groups (broad SMARTS) is 1. The Balaban J connectivity index is 1.89. The van der Waals surface area contributed by atoms with Crippen LogP contribution < -0.4 is 5.32 Å². The van der Waals surface area contributed by atoms with Gasteiger partial charge in [0.1, 0.15) is 0 Å². The maximum atomic E-state index is 12.2. The van der Waals surface area contributed by atoms with Gasteiger partial charge < -0.3 is 10.4 Å². The summed E-state index contributed by atoms with van der Waals surface area (Å²) >= 11 is 0. The minimum absolute atomic E-state index is 0.000100. The van der Waals surface area contributed by atoms with E-state index in [-0.39, 0.29) is 23.3 Å². The molecular formula is C17H23NO3. The van der Waals surface area contributed by atoms with Crippen LogP contribution in [0.1, 0.15) is 45.1 Å². The molecule has 1 fully saturated rings. The van der Waals surface area contributed by atoms with E-state index >= 15 is 0 Å². The van der Waals surface area contributed by atoms with Crippen LogP contribution in [0.5, 0.6) is 0 Å². The number of amides is 1. The average Bonchev–Trinajstić information content (AvgIpc) is 2.87. The highest BCUT2D eigenvalue weighted by atomic mass is 16.4. The fourth-order valence-corrected chi connectivity index (χ4v) is 3.01. The molecule has 1 aliphatic carbocycles. The van der Waals surface area contributed by atoms with Gasteiger partial charge in [0, 0.05) is 12.5 Å². The molecule has 0 heterocycles. The summed E-state index contributed by atoms with van der Waals surface area (Å²) < 4.78 is 0. The lowest BCUT2D eigenvalue weighted by molar-refractivity contribution is -0.141. The SMILES string of the molecule is CC(C)(CC(=O)N[C@H]1CC[C@@H](C(=O)O)C1)c1ccccc1. The first-order valence-electron chi connectivity index (χ1n) is 7.46. The molecule has 1 amide bonds. The number of rotatable bonds is 5. The highest BCUT2D eigenvalue weighted by molar-refractivity contribution is 5.78. The number of nitrogens with one attached hydrogen (secondary N) is 1. The van der Waals surface area contributed by atoms with E-state index in [4.69, 9.17) is 5.11 Å². The molecule has 0 radical (unpaired) electrons. The molecule has 2 N–H and O–H groups in total. The number of aliphatic carboxylic acids is 1. The van der Waals surface area contributed by atoms with Crippen molar-refractivity contribution in [3.63, 3.8) is 0 Å². The summed E-state index contributed by atoms with van der Waals surface area (Å²) in [7, 11) is 0. The quantitative estimate of drug-likeness (QED) is 0.876. The smallest absolute Gasteiger partial charge is 0.306 e. The molecular weight excluding hydrogens is 266 g/mol. The lowest BCUT2D eigenvalue weighted by Gasteiger charge is -2.25. The maximum absolute atomic E-state index is 12.2. The van der Waals surface area contributed by atoms with Gasteiger partial charge >= 0.3 is 5.97 Å². The summed E-state index contributed by atoms with van der Waals surface area (Å²) in [4.78, 5) is 23.1. The molecule has 114 valence electrons. The standard InChI is InChI=1S/C17H23NO3/c1-17(2,13-6-4-3-5-7-13)11-15(19)18-14-9-8-12(10-14)16(20)21/h3-7,12,14H,8-11H2,1-2H3,(H,18,19)(H,20,21)/t12-,14+/m1/s1. The molecule has 1 aromatic rings. The van der Waals surface area contributed by atoms with Crippen LogP contribution in [-0.2, 0) is 15.0 Å². The molecule has 0 saturated heterocycles. The Bertz CT molecular complexity index is 510. The van der Waals surface area contributed by atoms with Gasteiger partial charge in [-0.1, -0.05) is 44.2 Å². The third-order valence-electron chi connectivity index (χ3n) is 4.30. The predicted molar refractivity (Wildman–Crippen MR) is 81.0 cm³/mol. The summed E-state index contributed by atoms with van der Waals surface area (Å²) in [5.74, 6) is -1.06. The van der Waals surface area contributed by atoms with E-state index in [0.29, 0.717) is 19.3 Å². The lowest BCUT2D eigenvalue weighted by Crippen LogP contribution is -2.37. The molecule has 0 aliphatic heterocycles. The zero-order chi connectivity index (χ0) is 15.5. The average molecular weight is 289 g/mol. The van der Waals surface area contributed by atoms with Crippen molar-refractivity contribution in [2.45, 2.75) is 51.0 Å². The van der Waals surface area contributed by atoms with Gasteiger partial charge in [-0.2, -0.15) is 0 Å². The van der Waals surface area contributed by atoms with E-state index in [1.807, 2.05) is 30.3 Å². The second-order valence-corrected chi connectivity index (χ2v) is 6.54. The van der Waals surface area contributed by atoms with Crippen LogP contribution in [0.25, 0.3) is 0 Å². The number of hydrogen-bond acceptors (Lipinski definition) is 2. The molecule has 21 heavy (non-hydrogen) atoms. The van der Waals surface area contributed by atoms with Crippen LogP contribution in [0.4, 0.5) is 0 Å². The highest BCUT2D eigenvalue weighted by Crippen LogP contribution is 2.28. The predicted octanol–water partition coefficient (Wildman–Crippen LogP) is 2.72. The zero-order valence-electron chi connectivity index (χ0n) is 12.6. The Morgan fingerprint density at radius 3 is 2.48 bits per heavy atom. The van der Waals surface area contributed by atoms with Crippen LogP contribution >= 0.6 is 0 Å². The molecule has 4 nitrogen and oxygen atoms in total. The summed E-state index contributed by atoms with van der Waals surface area (Å²) in [6.45, 7) is 4.10. The second-order valence-electron chi connectivity index (χ2n) is 6.54. The first-order valence-corrected chi connectivity index (χ1v) is 7.46. The summed E-state index contributed by atoms with van der Waals surface area (Å²) in [5, 5.41) is 12.0. The summed E-state index contributed by atoms with van der Waals surface area (Å²) in [5.41, 5.74) is 0.908. The Morgan fingerprint density at radius 1 is 1.24 bits per heavy atom. The van der Waals surface area contributed by atoms with Crippen molar-refractivity contribution in [2.24, 2.45) is 5.92 Å². The van der Waals surface area contributed by atoms with E-state index in [2.05, 4.69) is 19.2 Å². The van der Waals surface area contributed by atoms with Crippen molar-refractivity contribution >= 4 is 11.9 Å². The highest BCUT2D eigenvalue weighted by Gasteiger charge is 2.32. The van der Waals surface area contributed by atoms with Crippen molar-refractivity contribution in [2.75, 3.05) is 0 Å². The second kappa shape index (κ2) is 6.29. The van der Waals surface area contributed by atoms with Crippen molar-refractivity contribution < 1.29 is 14.7 Å². The topological polar surface area (TPSA) is 66.4 Å². The van der Waals surface area contributed by atoms with Crippen LogP contribution in [0, 0.1) is 5.92 Å². The van der Waals surface area contributed by atoms with Gasteiger partial charge in [0.05, 0.1) is 5.92 Å². The fraction of sp³-hybridized carbons (Fsp3) is 0.529. The molecule has 0 unspecified atom stereocenters. The number of hydrogen-bond donors (Lipinski definition) is 2. The van der Waals surface area contributed by atoms with Gasteiger partial charge in [0.15, 0.2) is 0 Å². The molecule has 2 atom stereocenters. The molecule has 1 aromatic carbocycles. The van der Waals surface area contributed by atoms with E-state index in [9.17, 15) is 9.59 Å². The minimum Gasteiger partial charge on any atom is -0.481 e. The largest absolute Gasteiger partial charge is 0.481 e. The molecule has 1 saturated carbocycles. The number of carbonyl (C=O) groups is 2. The molecule has 1 aliphatic rings. The lowest BCUT2D eigenvalue weighted by atomic mass is 9.81. The van der Waals surface area contributed by atoms with E-state index in [0.717, 1.165) is 12.0 Å². The van der Waals surface area contributed by atoms with Gasteiger partial charge in [-0.15, -0.1) is 0 Å². The van der Waals surface area contributed by atoms with Crippen LogP contribution in [0.2, 0.25) is 0 Å². The molecule has 0 bridgehead atoms.